The van der Waals surface area contributed by atoms with E-state index in [1.165, 1.54) is 36.4 Å². The van der Waals surface area contributed by atoms with Gasteiger partial charge in [0.25, 0.3) is 5.91 Å². The molecule has 12 heteroatoms. The minimum absolute atomic E-state index is 0.149. The normalized spacial score (nSPS) is 17.9. The molecule has 0 unspecified atom stereocenters. The molecule has 0 aromatic heterocycles. The Morgan fingerprint density at radius 3 is 2.40 bits per heavy atom. The van der Waals surface area contributed by atoms with E-state index < -0.39 is 35.7 Å². The minimum Gasteiger partial charge on any atom is -0.486 e. The molecule has 0 saturated heterocycles. The number of urea groups is 1. The molecule has 1 aliphatic rings. The number of carbonyl (C=O) groups excluding carboxylic acids is 2. The predicted octanol–water partition coefficient (Wildman–Crippen LogP) is 5.84. The molecular weight excluding hydrogens is 568 g/mol. The first kappa shape index (κ1) is 31.8. The molecule has 0 bridgehead atoms. The third kappa shape index (κ3) is 8.02. The average molecular weight is 603 g/mol. The largest absolute Gasteiger partial charge is 0.486 e. The van der Waals surface area contributed by atoms with Gasteiger partial charge in [0.15, 0.2) is 5.75 Å². The number of para-hydroxylation sites is 1. The number of amides is 3. The van der Waals surface area contributed by atoms with Crippen LogP contribution in [0, 0.1) is 11.7 Å². The number of aliphatic hydroxyl groups excluding tert-OH is 1. The molecule has 3 aromatic rings. The Hall–Kier alpha value is -4.16. The summed E-state index contributed by atoms with van der Waals surface area (Å²) in [4.78, 5) is 30.0. The minimum atomic E-state index is -4.42. The lowest BCUT2D eigenvalue weighted by Crippen LogP contribution is -2.49. The van der Waals surface area contributed by atoms with Crippen molar-refractivity contribution < 1.29 is 37.0 Å². The van der Waals surface area contributed by atoms with Crippen LogP contribution in [-0.4, -0.2) is 65.7 Å². The predicted molar refractivity (Wildman–Crippen MR) is 154 cm³/mol. The molecule has 230 valence electrons. The number of hydrogen-bond donors (Lipinski definition) is 3. The average Bonchev–Trinajstić information content (AvgIpc) is 2.95. The van der Waals surface area contributed by atoms with Gasteiger partial charge in [-0.2, -0.15) is 13.2 Å². The maximum Gasteiger partial charge on any atom is 0.416 e. The summed E-state index contributed by atoms with van der Waals surface area (Å²) < 4.78 is 58.7. The lowest BCUT2D eigenvalue weighted by atomic mass is 9.98. The number of carbonyl (C=O) groups is 2. The molecule has 3 N–H and O–H groups in total. The van der Waals surface area contributed by atoms with Crippen molar-refractivity contribution in [3.05, 3.63) is 89.2 Å². The van der Waals surface area contributed by atoms with Crippen LogP contribution in [0.2, 0.25) is 0 Å². The maximum atomic E-state index is 13.6. The highest BCUT2D eigenvalue weighted by atomic mass is 19.4. The van der Waals surface area contributed by atoms with E-state index in [1.54, 1.807) is 30.0 Å². The monoisotopic (exact) mass is 602 g/mol. The van der Waals surface area contributed by atoms with E-state index in [0.717, 1.165) is 12.1 Å². The number of hydrogen-bond acceptors (Lipinski definition) is 5. The van der Waals surface area contributed by atoms with Gasteiger partial charge in [0.2, 0.25) is 0 Å². The number of alkyl halides is 3. The van der Waals surface area contributed by atoms with Crippen molar-refractivity contribution in [2.75, 3.05) is 37.4 Å². The Kier molecular flexibility index (Phi) is 9.92. The highest BCUT2D eigenvalue weighted by Gasteiger charge is 2.35. The van der Waals surface area contributed by atoms with Crippen molar-refractivity contribution in [1.29, 1.82) is 0 Å². The molecular formula is C31H34F4N4O4. The number of rotatable bonds is 8. The van der Waals surface area contributed by atoms with E-state index in [1.807, 2.05) is 18.9 Å². The number of benzene rings is 3. The van der Waals surface area contributed by atoms with Gasteiger partial charge in [0.05, 0.1) is 29.5 Å². The molecule has 0 aliphatic carbocycles. The van der Waals surface area contributed by atoms with Gasteiger partial charge in [0, 0.05) is 31.2 Å². The van der Waals surface area contributed by atoms with Crippen molar-refractivity contribution in [1.82, 2.24) is 9.80 Å². The first-order chi connectivity index (χ1) is 20.3. The van der Waals surface area contributed by atoms with Gasteiger partial charge in [-0.15, -0.1) is 0 Å². The van der Waals surface area contributed by atoms with Crippen LogP contribution in [0.1, 0.15) is 35.3 Å². The number of nitrogens with one attached hydrogen (secondary N) is 2. The number of fused-ring (bicyclic) bond motifs is 1. The van der Waals surface area contributed by atoms with E-state index in [-0.39, 0.29) is 42.0 Å². The first-order valence-corrected chi connectivity index (χ1v) is 13.8. The van der Waals surface area contributed by atoms with E-state index >= 15 is 0 Å². The molecule has 0 spiro atoms. The van der Waals surface area contributed by atoms with E-state index in [4.69, 9.17) is 4.74 Å². The van der Waals surface area contributed by atoms with Gasteiger partial charge in [-0.3, -0.25) is 9.69 Å². The second kappa shape index (κ2) is 13.4. The van der Waals surface area contributed by atoms with Crippen LogP contribution in [0.4, 0.5) is 33.7 Å². The fraction of sp³-hybridized carbons (Fsp3) is 0.355. The van der Waals surface area contributed by atoms with Crippen LogP contribution in [0.25, 0.3) is 0 Å². The van der Waals surface area contributed by atoms with Crippen LogP contribution < -0.4 is 15.4 Å². The zero-order chi connectivity index (χ0) is 31.3. The van der Waals surface area contributed by atoms with Gasteiger partial charge < -0.3 is 25.4 Å². The third-order valence-corrected chi connectivity index (χ3v) is 7.27. The Morgan fingerprint density at radius 2 is 1.77 bits per heavy atom. The first-order valence-electron chi connectivity index (χ1n) is 13.8. The van der Waals surface area contributed by atoms with Gasteiger partial charge in [-0.25, -0.2) is 9.18 Å². The van der Waals surface area contributed by atoms with Crippen molar-refractivity contribution in [2.24, 2.45) is 5.92 Å². The molecule has 3 aromatic carbocycles. The van der Waals surface area contributed by atoms with E-state index in [0.29, 0.717) is 24.3 Å². The molecule has 0 saturated carbocycles. The van der Waals surface area contributed by atoms with Crippen molar-refractivity contribution in [3.8, 4) is 5.75 Å². The number of anilines is 2. The molecule has 43 heavy (non-hydrogen) atoms. The standard InChI is InChI=1S/C31H34F4N4O4/c1-19-15-39(20(2)18-40)29(41)25-5-4-6-26(37-30(42)36-24-13-11-23(32)12-14-24)28(25)43-27(19)17-38(3)16-21-7-9-22(10-8-21)31(33,34)35/h4-14,19-20,27,40H,15-18H2,1-3H3,(H2,36,37,42)/t19-,20+,27+/m0/s1. The number of aliphatic hydroxyl groups is 1. The summed E-state index contributed by atoms with van der Waals surface area (Å²) in [5.41, 5.74) is 0.737. The topological polar surface area (TPSA) is 94.1 Å². The Labute approximate surface area is 247 Å². The summed E-state index contributed by atoms with van der Waals surface area (Å²) in [6.45, 7) is 4.34. The van der Waals surface area contributed by atoms with Gasteiger partial charge >= 0.3 is 12.2 Å². The lowest BCUT2D eigenvalue weighted by Gasteiger charge is -2.38. The van der Waals surface area contributed by atoms with Crippen molar-refractivity contribution in [2.45, 2.75) is 38.7 Å². The zero-order valence-electron chi connectivity index (χ0n) is 24.0. The smallest absolute Gasteiger partial charge is 0.416 e. The quantitative estimate of drug-likeness (QED) is 0.282. The summed E-state index contributed by atoms with van der Waals surface area (Å²) in [7, 11) is 1.81. The van der Waals surface area contributed by atoms with Gasteiger partial charge in [-0.05, 0) is 68.1 Å². The zero-order valence-corrected chi connectivity index (χ0v) is 24.0. The SMILES string of the molecule is C[C@H](CO)N1C[C@H](C)[C@@H](CN(C)Cc2ccc(C(F)(F)F)cc2)Oc2c(NC(=O)Nc3ccc(F)cc3)cccc2C1=O. The number of likely N-dealkylation sites (N-methyl/N-ethyl adjacent to an activating group) is 1. The Bertz CT molecular complexity index is 1420. The number of nitrogens with zero attached hydrogens (tertiary/aromatic N) is 2. The molecule has 1 aliphatic heterocycles. The molecule has 3 atom stereocenters. The van der Waals surface area contributed by atoms with Crippen LogP contribution >= 0.6 is 0 Å². The van der Waals surface area contributed by atoms with Crippen LogP contribution in [-0.2, 0) is 12.7 Å². The van der Waals surface area contributed by atoms with Gasteiger partial charge in [0.1, 0.15) is 11.9 Å². The molecule has 4 rings (SSSR count). The third-order valence-electron chi connectivity index (χ3n) is 7.27. The number of ether oxygens (including phenoxy) is 1. The van der Waals surface area contributed by atoms with Crippen molar-refractivity contribution in [3.63, 3.8) is 0 Å². The maximum absolute atomic E-state index is 13.6. The Morgan fingerprint density at radius 1 is 1.09 bits per heavy atom. The summed E-state index contributed by atoms with van der Waals surface area (Å²) in [5, 5.41) is 15.2. The molecule has 1 heterocycles. The summed E-state index contributed by atoms with van der Waals surface area (Å²) in [6, 6.07) is 13.8. The van der Waals surface area contributed by atoms with E-state index in [2.05, 4.69) is 10.6 Å². The number of halogens is 4. The highest BCUT2D eigenvalue weighted by Crippen LogP contribution is 2.35. The van der Waals surface area contributed by atoms with Crippen LogP contribution in [0.3, 0.4) is 0 Å². The summed E-state index contributed by atoms with van der Waals surface area (Å²) in [5.74, 6) is -0.909. The molecule has 3 amide bonds. The van der Waals surface area contributed by atoms with Crippen LogP contribution in [0.5, 0.6) is 5.75 Å². The van der Waals surface area contributed by atoms with Crippen molar-refractivity contribution >= 4 is 23.3 Å². The second-order valence-corrected chi connectivity index (χ2v) is 10.8. The molecule has 0 fully saturated rings. The molecule has 8 nitrogen and oxygen atoms in total. The Balaban J connectivity index is 1.59. The lowest BCUT2D eigenvalue weighted by molar-refractivity contribution is -0.137. The highest BCUT2D eigenvalue weighted by molar-refractivity contribution is 6.04. The summed E-state index contributed by atoms with van der Waals surface area (Å²) in [6.07, 6.45) is -4.93. The fourth-order valence-electron chi connectivity index (χ4n) is 4.86. The fourth-order valence-corrected chi connectivity index (χ4v) is 4.86. The summed E-state index contributed by atoms with van der Waals surface area (Å²) >= 11 is 0. The van der Waals surface area contributed by atoms with Crippen LogP contribution in [0.15, 0.2) is 66.7 Å². The van der Waals surface area contributed by atoms with Gasteiger partial charge in [-0.1, -0.05) is 25.1 Å². The second-order valence-electron chi connectivity index (χ2n) is 10.8. The van der Waals surface area contributed by atoms with E-state index in [9.17, 15) is 32.3 Å². The molecule has 0 radical (unpaired) electrons.